The Kier molecular flexibility index (Phi) is 2.87. The third-order valence-electron chi connectivity index (χ3n) is 3.46. The summed E-state index contributed by atoms with van der Waals surface area (Å²) in [6, 6.07) is 3.48. The van der Waals surface area contributed by atoms with Crippen LogP contribution in [0.3, 0.4) is 0 Å². The second kappa shape index (κ2) is 4.55. The first-order valence-electron chi connectivity index (χ1n) is 6.18. The van der Waals surface area contributed by atoms with Gasteiger partial charge in [-0.25, -0.2) is 9.78 Å². The van der Waals surface area contributed by atoms with Gasteiger partial charge in [0.15, 0.2) is 5.69 Å². The predicted octanol–water partition coefficient (Wildman–Crippen LogP) is 0.803. The molecule has 19 heavy (non-hydrogen) atoms. The van der Waals surface area contributed by atoms with Gasteiger partial charge in [-0.15, -0.1) is 0 Å². The molecular formula is C13H15N3O3. The number of nitrogens with one attached hydrogen (secondary N) is 1. The van der Waals surface area contributed by atoms with Gasteiger partial charge in [-0.1, -0.05) is 0 Å². The van der Waals surface area contributed by atoms with Crippen molar-refractivity contribution in [2.45, 2.75) is 6.42 Å². The van der Waals surface area contributed by atoms with Crippen LogP contribution in [0.1, 0.15) is 16.3 Å². The molecule has 3 rings (SSSR count). The minimum absolute atomic E-state index is 0.102. The van der Waals surface area contributed by atoms with E-state index in [0.29, 0.717) is 17.2 Å². The Balaban J connectivity index is 2.09. The highest BCUT2D eigenvalue weighted by atomic mass is 16.5. The second-order valence-electron chi connectivity index (χ2n) is 4.73. The number of pyridine rings is 1. The molecule has 0 spiro atoms. The van der Waals surface area contributed by atoms with E-state index in [9.17, 15) is 9.90 Å². The summed E-state index contributed by atoms with van der Waals surface area (Å²) in [6.07, 6.45) is 2.56. The van der Waals surface area contributed by atoms with Crippen LogP contribution in [0.15, 0.2) is 18.3 Å². The third-order valence-corrected chi connectivity index (χ3v) is 3.46. The van der Waals surface area contributed by atoms with Crippen molar-refractivity contribution in [3.05, 3.63) is 29.8 Å². The van der Waals surface area contributed by atoms with Gasteiger partial charge in [0.1, 0.15) is 11.6 Å². The number of rotatable bonds is 4. The van der Waals surface area contributed by atoms with Crippen LogP contribution in [0.25, 0.3) is 5.52 Å². The maximum atomic E-state index is 11.2. The smallest absolute Gasteiger partial charge is 0.356 e. The molecule has 1 fully saturated rings. The molecule has 100 valence electrons. The van der Waals surface area contributed by atoms with E-state index in [-0.39, 0.29) is 5.69 Å². The first-order chi connectivity index (χ1) is 9.19. The number of carbonyl (C=O) groups is 1. The zero-order valence-electron chi connectivity index (χ0n) is 10.6. The van der Waals surface area contributed by atoms with Crippen LogP contribution in [0.5, 0.6) is 5.75 Å². The zero-order valence-corrected chi connectivity index (χ0v) is 10.6. The molecule has 0 radical (unpaired) electrons. The van der Waals surface area contributed by atoms with E-state index in [1.54, 1.807) is 25.4 Å². The van der Waals surface area contributed by atoms with E-state index in [1.807, 2.05) is 4.40 Å². The molecule has 2 aromatic rings. The van der Waals surface area contributed by atoms with Gasteiger partial charge in [0.05, 0.1) is 18.8 Å². The topological polar surface area (TPSA) is 75.9 Å². The van der Waals surface area contributed by atoms with Gasteiger partial charge in [0.2, 0.25) is 0 Å². The number of carboxylic acids is 1. The number of aromatic carboxylic acids is 1. The van der Waals surface area contributed by atoms with E-state index in [0.717, 1.165) is 25.3 Å². The fourth-order valence-electron chi connectivity index (χ4n) is 2.30. The van der Waals surface area contributed by atoms with Crippen molar-refractivity contribution >= 4 is 11.5 Å². The van der Waals surface area contributed by atoms with Crippen LogP contribution in [0, 0.1) is 5.92 Å². The molecule has 1 aliphatic heterocycles. The van der Waals surface area contributed by atoms with Crippen LogP contribution in [0.4, 0.5) is 0 Å². The van der Waals surface area contributed by atoms with Gasteiger partial charge < -0.3 is 15.2 Å². The van der Waals surface area contributed by atoms with E-state index in [2.05, 4.69) is 10.3 Å². The molecule has 2 aromatic heterocycles. The maximum absolute atomic E-state index is 11.2. The van der Waals surface area contributed by atoms with Crippen molar-refractivity contribution in [2.24, 2.45) is 5.92 Å². The van der Waals surface area contributed by atoms with E-state index in [1.165, 1.54) is 0 Å². The summed E-state index contributed by atoms with van der Waals surface area (Å²) in [5.41, 5.74) is 0.709. The number of imidazole rings is 1. The summed E-state index contributed by atoms with van der Waals surface area (Å²) in [6.45, 7) is 1.92. The summed E-state index contributed by atoms with van der Waals surface area (Å²) in [4.78, 5) is 15.5. The molecule has 6 heteroatoms. The molecule has 0 bridgehead atoms. The number of hydrogen-bond acceptors (Lipinski definition) is 4. The SMILES string of the molecule is COc1ccc2c(C(=O)O)nc(CC3CNC3)n2c1. The van der Waals surface area contributed by atoms with Crippen LogP contribution in [-0.4, -0.2) is 40.7 Å². The number of ether oxygens (including phenoxy) is 1. The summed E-state index contributed by atoms with van der Waals surface area (Å²) in [7, 11) is 1.59. The number of hydrogen-bond donors (Lipinski definition) is 2. The molecule has 0 saturated carbocycles. The van der Waals surface area contributed by atoms with Crippen molar-refractivity contribution in [3.63, 3.8) is 0 Å². The van der Waals surface area contributed by atoms with Crippen LogP contribution >= 0.6 is 0 Å². The Labute approximate surface area is 110 Å². The molecule has 1 aliphatic rings. The Bertz CT molecular complexity index is 631. The summed E-state index contributed by atoms with van der Waals surface area (Å²) < 4.78 is 7.00. The molecule has 2 N–H and O–H groups in total. The molecule has 1 saturated heterocycles. The zero-order chi connectivity index (χ0) is 13.4. The van der Waals surface area contributed by atoms with E-state index in [4.69, 9.17) is 4.74 Å². The monoisotopic (exact) mass is 261 g/mol. The van der Waals surface area contributed by atoms with Crippen molar-refractivity contribution in [1.82, 2.24) is 14.7 Å². The van der Waals surface area contributed by atoms with Crippen molar-refractivity contribution < 1.29 is 14.6 Å². The van der Waals surface area contributed by atoms with Crippen LogP contribution in [-0.2, 0) is 6.42 Å². The highest BCUT2D eigenvalue weighted by Gasteiger charge is 2.22. The van der Waals surface area contributed by atoms with Crippen molar-refractivity contribution in [1.29, 1.82) is 0 Å². The number of aromatic nitrogens is 2. The molecule has 0 aliphatic carbocycles. The average Bonchev–Trinajstić information content (AvgIpc) is 2.72. The van der Waals surface area contributed by atoms with Gasteiger partial charge in [0, 0.05) is 6.42 Å². The lowest BCUT2D eigenvalue weighted by atomic mass is 9.99. The van der Waals surface area contributed by atoms with Gasteiger partial charge in [-0.2, -0.15) is 0 Å². The lowest BCUT2D eigenvalue weighted by Crippen LogP contribution is -2.43. The molecule has 0 unspecified atom stereocenters. The van der Waals surface area contributed by atoms with Crippen molar-refractivity contribution in [3.8, 4) is 5.75 Å². The van der Waals surface area contributed by atoms with Gasteiger partial charge in [-0.3, -0.25) is 4.40 Å². The molecule has 6 nitrogen and oxygen atoms in total. The van der Waals surface area contributed by atoms with Gasteiger partial charge in [-0.05, 0) is 31.1 Å². The predicted molar refractivity (Wildman–Crippen MR) is 68.8 cm³/mol. The molecule has 0 amide bonds. The lowest BCUT2D eigenvalue weighted by Gasteiger charge is -2.26. The Morgan fingerprint density at radius 2 is 2.37 bits per heavy atom. The summed E-state index contributed by atoms with van der Waals surface area (Å²) >= 11 is 0. The first-order valence-corrected chi connectivity index (χ1v) is 6.18. The number of carboxylic acid groups (broad SMARTS) is 1. The number of nitrogens with zero attached hydrogens (tertiary/aromatic N) is 2. The largest absolute Gasteiger partial charge is 0.495 e. The Morgan fingerprint density at radius 1 is 1.58 bits per heavy atom. The highest BCUT2D eigenvalue weighted by Crippen LogP contribution is 2.21. The standard InChI is InChI=1S/C13H15N3O3/c1-19-9-2-3-10-12(13(17)18)15-11(16(10)7-9)4-8-5-14-6-8/h2-3,7-8,14H,4-6H2,1H3,(H,17,18). The van der Waals surface area contributed by atoms with E-state index < -0.39 is 5.97 Å². The quantitative estimate of drug-likeness (QED) is 0.851. The van der Waals surface area contributed by atoms with Crippen LogP contribution in [0.2, 0.25) is 0 Å². The average molecular weight is 261 g/mol. The fourth-order valence-corrected chi connectivity index (χ4v) is 2.30. The molecular weight excluding hydrogens is 246 g/mol. The minimum Gasteiger partial charge on any atom is -0.495 e. The minimum atomic E-state index is -0.999. The van der Waals surface area contributed by atoms with Crippen molar-refractivity contribution in [2.75, 3.05) is 20.2 Å². The van der Waals surface area contributed by atoms with Crippen LogP contribution < -0.4 is 10.1 Å². The third kappa shape index (κ3) is 2.04. The normalized spacial score (nSPS) is 15.4. The van der Waals surface area contributed by atoms with Gasteiger partial charge in [0.25, 0.3) is 0 Å². The number of fused-ring (bicyclic) bond motifs is 1. The highest BCUT2D eigenvalue weighted by molar-refractivity contribution is 5.93. The maximum Gasteiger partial charge on any atom is 0.356 e. The first kappa shape index (κ1) is 12.0. The summed E-state index contributed by atoms with van der Waals surface area (Å²) in [5, 5.41) is 12.4. The number of methoxy groups -OCH3 is 1. The summed E-state index contributed by atoms with van der Waals surface area (Å²) in [5.74, 6) is 0.992. The Hall–Kier alpha value is -2.08. The lowest BCUT2D eigenvalue weighted by molar-refractivity contribution is 0.0693. The second-order valence-corrected chi connectivity index (χ2v) is 4.73. The molecule has 0 aromatic carbocycles. The van der Waals surface area contributed by atoms with Gasteiger partial charge >= 0.3 is 5.97 Å². The molecule has 0 atom stereocenters. The van der Waals surface area contributed by atoms with E-state index >= 15 is 0 Å². The Morgan fingerprint density at radius 3 is 2.95 bits per heavy atom. The fraction of sp³-hybridized carbons (Fsp3) is 0.385. The molecule has 3 heterocycles.